The van der Waals surface area contributed by atoms with Gasteiger partial charge in [-0.05, 0) is 161 Å². The summed E-state index contributed by atoms with van der Waals surface area (Å²) >= 11 is 0. The molecular weight excluding hydrogens is 1360 g/mol. The van der Waals surface area contributed by atoms with Crippen molar-refractivity contribution in [1.82, 2.24) is 0 Å². The van der Waals surface area contributed by atoms with Gasteiger partial charge in [0.15, 0.2) is 6.10 Å². The van der Waals surface area contributed by atoms with Crippen molar-refractivity contribution in [3.8, 4) is 0 Å². The average Bonchev–Trinajstić information content (AvgIpc) is 0.923. The number of hydrogen-bond acceptors (Lipinski definition) is 14. The van der Waals surface area contributed by atoms with Crippen LogP contribution in [0.2, 0.25) is 0 Å². The Bertz CT molecular complexity index is 2640. The maximum absolute atomic E-state index is 13.0. The van der Waals surface area contributed by atoms with Gasteiger partial charge in [-0.2, -0.15) is 0 Å². The first-order valence-electron chi connectivity index (χ1n) is 40.1. The summed E-state index contributed by atoms with van der Waals surface area (Å²) in [5.41, 5.74) is 0. The molecule has 0 fully saturated rings. The summed E-state index contributed by atoms with van der Waals surface area (Å²) in [5, 5.41) is 20.7. The van der Waals surface area contributed by atoms with E-state index in [1.54, 1.807) is 0 Å². The Balaban J connectivity index is 4.67. The first kappa shape index (κ1) is 99.7. The number of phosphoric ester groups is 2. The molecule has 0 rings (SSSR count). The van der Waals surface area contributed by atoms with Crippen molar-refractivity contribution in [3.63, 3.8) is 0 Å². The maximum atomic E-state index is 13.0. The fourth-order valence-corrected chi connectivity index (χ4v) is 11.6. The number of esters is 3. The summed E-state index contributed by atoms with van der Waals surface area (Å²) in [7, 11) is -9.83. The second kappa shape index (κ2) is 78.2. The number of carbonyl (C=O) groups excluding carboxylic acids is 3. The Hall–Kier alpha value is -5.35. The third-order valence-corrected chi connectivity index (χ3v) is 18.0. The molecule has 0 aliphatic heterocycles. The van der Waals surface area contributed by atoms with Gasteiger partial charge in [0.25, 0.3) is 0 Å². The van der Waals surface area contributed by atoms with Crippen LogP contribution < -0.4 is 0 Å². The molecule has 0 heterocycles. The van der Waals surface area contributed by atoms with Crippen LogP contribution >= 0.6 is 15.6 Å². The highest BCUT2D eigenvalue weighted by Gasteiger charge is 2.29. The van der Waals surface area contributed by atoms with Crippen molar-refractivity contribution in [3.05, 3.63) is 182 Å². The van der Waals surface area contributed by atoms with Crippen LogP contribution in [0.3, 0.4) is 0 Å². The highest BCUT2D eigenvalue weighted by atomic mass is 31.2. The van der Waals surface area contributed by atoms with Crippen LogP contribution in [0, 0.1) is 0 Å². The number of allylic oxidation sites excluding steroid dienone is 30. The first-order valence-corrected chi connectivity index (χ1v) is 43.1. The molecule has 4 N–H and O–H groups in total. The van der Waals surface area contributed by atoms with E-state index in [1.165, 1.54) is 83.5 Å². The number of unbranched alkanes of at least 4 members (excludes halogenated alkanes) is 21. The van der Waals surface area contributed by atoms with Crippen LogP contribution in [-0.4, -0.2) is 95.9 Å². The summed E-state index contributed by atoms with van der Waals surface area (Å²) in [6, 6.07) is 0. The van der Waals surface area contributed by atoms with E-state index < -0.39 is 91.5 Å². The van der Waals surface area contributed by atoms with E-state index in [2.05, 4.69) is 203 Å². The minimum absolute atomic E-state index is 0.0479. The monoisotopic (exact) mass is 1500 g/mol. The summed E-state index contributed by atoms with van der Waals surface area (Å²) in [5.74, 6) is -1.68. The van der Waals surface area contributed by atoms with E-state index in [9.17, 15) is 43.5 Å². The Morgan fingerprint density at radius 2 is 0.505 bits per heavy atom. The molecule has 105 heavy (non-hydrogen) atoms. The highest BCUT2D eigenvalue weighted by Crippen LogP contribution is 2.45. The van der Waals surface area contributed by atoms with E-state index in [1.807, 2.05) is 0 Å². The van der Waals surface area contributed by atoms with Gasteiger partial charge in [0.1, 0.15) is 25.4 Å². The lowest BCUT2D eigenvalue weighted by molar-refractivity contribution is -0.161. The van der Waals surface area contributed by atoms with Crippen molar-refractivity contribution < 1.29 is 75.8 Å². The molecule has 0 radical (unpaired) electrons. The molecule has 0 spiro atoms. The van der Waals surface area contributed by atoms with Gasteiger partial charge in [-0.1, -0.05) is 293 Å². The lowest BCUT2D eigenvalue weighted by Gasteiger charge is -2.21. The molecule has 0 saturated carbocycles. The molecule has 5 unspecified atom stereocenters. The molecule has 0 saturated heterocycles. The fraction of sp³-hybridized carbons (Fsp3) is 0.621. The number of aliphatic hydroxyl groups excluding tert-OH is 2. The predicted molar refractivity (Wildman–Crippen MR) is 435 cm³/mol. The zero-order chi connectivity index (χ0) is 76.6. The van der Waals surface area contributed by atoms with Crippen molar-refractivity contribution in [2.24, 2.45) is 0 Å². The molecule has 0 aliphatic carbocycles. The van der Waals surface area contributed by atoms with Gasteiger partial charge in [-0.25, -0.2) is 9.13 Å². The van der Waals surface area contributed by atoms with E-state index in [0.29, 0.717) is 19.3 Å². The van der Waals surface area contributed by atoms with Crippen LogP contribution in [-0.2, 0) is 55.8 Å². The topological polar surface area (TPSA) is 231 Å². The van der Waals surface area contributed by atoms with Crippen LogP contribution in [0.15, 0.2) is 182 Å². The van der Waals surface area contributed by atoms with E-state index in [0.717, 1.165) is 148 Å². The molecule has 5 atom stereocenters. The van der Waals surface area contributed by atoms with Gasteiger partial charge < -0.3 is 34.2 Å². The molecule has 16 nitrogen and oxygen atoms in total. The van der Waals surface area contributed by atoms with E-state index in [-0.39, 0.29) is 19.3 Å². The summed E-state index contributed by atoms with van der Waals surface area (Å²) in [6.45, 7) is 2.32. The van der Waals surface area contributed by atoms with Crippen LogP contribution in [0.1, 0.15) is 290 Å². The van der Waals surface area contributed by atoms with Crippen LogP contribution in [0.4, 0.5) is 0 Å². The Labute approximate surface area is 636 Å². The minimum atomic E-state index is -4.96. The largest absolute Gasteiger partial charge is 0.472 e. The zero-order valence-electron chi connectivity index (χ0n) is 65.1. The smallest absolute Gasteiger partial charge is 0.463 e. The maximum Gasteiger partial charge on any atom is 0.472 e. The van der Waals surface area contributed by atoms with Gasteiger partial charge in [0, 0.05) is 19.3 Å². The fourth-order valence-electron chi connectivity index (χ4n) is 10.1. The average molecular weight is 1510 g/mol. The first-order chi connectivity index (χ1) is 51.2. The molecule has 18 heteroatoms. The number of phosphoric acid groups is 2. The highest BCUT2D eigenvalue weighted by molar-refractivity contribution is 7.47. The zero-order valence-corrected chi connectivity index (χ0v) is 66.9. The van der Waals surface area contributed by atoms with Crippen molar-refractivity contribution in [1.29, 1.82) is 0 Å². The van der Waals surface area contributed by atoms with Crippen molar-refractivity contribution >= 4 is 33.6 Å². The lowest BCUT2D eigenvalue weighted by Crippen LogP contribution is -2.30. The van der Waals surface area contributed by atoms with Gasteiger partial charge >= 0.3 is 33.6 Å². The van der Waals surface area contributed by atoms with E-state index in [4.69, 9.17) is 32.3 Å². The molecule has 0 aromatic heterocycles. The van der Waals surface area contributed by atoms with Gasteiger partial charge in [0.05, 0.1) is 26.4 Å². The lowest BCUT2D eigenvalue weighted by atomic mass is 10.0. The van der Waals surface area contributed by atoms with Crippen LogP contribution in [0.5, 0.6) is 0 Å². The summed E-state index contributed by atoms with van der Waals surface area (Å²) in [6.07, 6.45) is 101. The Morgan fingerprint density at radius 1 is 0.276 bits per heavy atom. The quantitative estimate of drug-likeness (QED) is 0.0146. The number of ether oxygens (including phenoxy) is 3. The molecular formula is C87H142O16P2. The Morgan fingerprint density at radius 3 is 0.829 bits per heavy atom. The minimum Gasteiger partial charge on any atom is -0.463 e. The molecule has 0 bridgehead atoms. The summed E-state index contributed by atoms with van der Waals surface area (Å²) < 4.78 is 61.1. The van der Waals surface area contributed by atoms with Crippen molar-refractivity contribution in [2.45, 2.75) is 309 Å². The SMILES string of the molecule is CC/C=C\C/C=C\C/C=C\C/C=C\C/C=C\C/C=C\CCCCC(=O)OCC(COP(=O)(O)OCC(O)COP(=O)(O)OCC(O)COC(=O)CCCCCCCCCCCCCCC/C=C\C/C=C\C/C=C\C/C=C\CCCCC)OC(=O)CCCCC/C=C\C/C=C\C/C=C\C/C=C\C/C=C\CC. The molecule has 0 aromatic rings. The van der Waals surface area contributed by atoms with Gasteiger partial charge in [-0.15, -0.1) is 0 Å². The number of rotatable bonds is 74. The van der Waals surface area contributed by atoms with Crippen molar-refractivity contribution in [2.75, 3.05) is 39.6 Å². The predicted octanol–water partition coefficient (Wildman–Crippen LogP) is 23.8. The Kier molecular flexibility index (Phi) is 74.3. The molecule has 596 valence electrons. The van der Waals surface area contributed by atoms with Gasteiger partial charge in [-0.3, -0.25) is 32.5 Å². The summed E-state index contributed by atoms with van der Waals surface area (Å²) in [4.78, 5) is 58.7. The van der Waals surface area contributed by atoms with Gasteiger partial charge in [0.2, 0.25) is 0 Å². The van der Waals surface area contributed by atoms with E-state index >= 15 is 0 Å². The third kappa shape index (κ3) is 79.5. The number of aliphatic hydroxyl groups is 2. The molecule has 0 amide bonds. The number of hydrogen-bond donors (Lipinski definition) is 4. The normalized spacial score (nSPS) is 14.9. The second-order valence-corrected chi connectivity index (χ2v) is 29.0. The molecule has 0 aliphatic rings. The molecule has 0 aromatic carbocycles. The standard InChI is InChI=1S/C87H142O16P2/c1-4-7-10-13-16-19-22-25-28-31-34-36-37-38-39-40-41-42-43-45-48-49-52-55-58-61-64-67-70-73-85(90)97-76-82(88)77-99-104(93,94)100-78-83(89)79-101-105(95,96)102-81-84(103-87(92)75-72-69-66-63-60-57-54-51-46-33-30-27-24-21-18-15-12-9-6-3)80-98-86(91)74-71-68-65-62-59-56-53-50-47-44-35-32-29-26-23-20-17-14-11-8-5-2/h8-9,11-12,16-21,25-30,34-36,38-39,44,46,50-51,53,57,59-60,62,82-84,88-89H,4-7,10,13-15,22-24,31-33,37,40-43,45,47-49,52,54-56,58,61,63-81H2,1-3H3,(H,93,94)(H,95,96)/b11-8-,12-9-,19-16-,20-17-,21-18-,28-25-,29-26-,30-27-,36-34-,39-38-,44-35-,51-46-,53-50-,60-57-,62-59-. The third-order valence-electron chi connectivity index (χ3n) is 16.1. The second-order valence-electron chi connectivity index (χ2n) is 26.1. The van der Waals surface area contributed by atoms with Crippen LogP contribution in [0.25, 0.3) is 0 Å². The number of carbonyl (C=O) groups is 3.